The van der Waals surface area contributed by atoms with Crippen LogP contribution in [0.15, 0.2) is 64.8 Å². The third-order valence-corrected chi connectivity index (χ3v) is 10.2. The smallest absolute Gasteiger partial charge is 0.387 e. The zero-order chi connectivity index (χ0) is 33.4. The first-order valence-electron chi connectivity index (χ1n) is 14.5. The number of aromatic nitrogens is 3. The molecule has 0 bridgehead atoms. The maximum Gasteiger partial charge on any atom is 0.387 e. The van der Waals surface area contributed by atoms with Gasteiger partial charge in [0.25, 0.3) is 10.0 Å². The van der Waals surface area contributed by atoms with Gasteiger partial charge in [-0.05, 0) is 36.4 Å². The summed E-state index contributed by atoms with van der Waals surface area (Å²) in [6.07, 6.45) is 1.43. The second kappa shape index (κ2) is 15.8. The summed E-state index contributed by atoms with van der Waals surface area (Å²) in [6.45, 7) is 2.06. The molecule has 4 aromatic rings. The average Bonchev–Trinajstić information content (AvgIpc) is 3.46. The normalized spacial score (nSPS) is 14.7. The molecule has 13 nitrogen and oxygen atoms in total. The molecule has 0 radical (unpaired) electrons. The van der Waals surface area contributed by atoms with E-state index in [1.54, 1.807) is 6.07 Å². The Bertz CT molecular complexity index is 1780. The molecular weight excluding hydrogens is 662 g/mol. The Morgan fingerprint density at radius 1 is 0.979 bits per heavy atom. The summed E-state index contributed by atoms with van der Waals surface area (Å²) in [5, 5.41) is -0.351. The van der Waals surface area contributed by atoms with Gasteiger partial charge in [0.05, 0.1) is 78.8 Å². The Labute approximate surface area is 272 Å². The lowest BCUT2D eigenvalue weighted by Gasteiger charge is -2.26. The minimum Gasteiger partial charge on any atom is -0.493 e. The third-order valence-electron chi connectivity index (χ3n) is 7.13. The van der Waals surface area contributed by atoms with Gasteiger partial charge in [-0.3, -0.25) is 14.1 Å². The number of hydrogen-bond donors (Lipinski definition) is 0. The van der Waals surface area contributed by atoms with Crippen molar-refractivity contribution in [2.45, 2.75) is 22.4 Å². The molecule has 1 atom stereocenters. The maximum absolute atomic E-state index is 14.1. The lowest BCUT2D eigenvalue weighted by atomic mass is 10.3. The van der Waals surface area contributed by atoms with Gasteiger partial charge in [-0.1, -0.05) is 0 Å². The summed E-state index contributed by atoms with van der Waals surface area (Å²) < 4.78 is 100. The van der Waals surface area contributed by atoms with Crippen molar-refractivity contribution < 1.29 is 49.8 Å². The van der Waals surface area contributed by atoms with Crippen molar-refractivity contribution >= 4 is 31.9 Å². The van der Waals surface area contributed by atoms with E-state index in [1.165, 1.54) is 56.8 Å². The first kappa shape index (κ1) is 34.4. The minimum atomic E-state index is -4.41. The highest BCUT2D eigenvalue weighted by Crippen LogP contribution is 2.33. The number of pyridine rings is 1. The van der Waals surface area contributed by atoms with E-state index in [9.17, 15) is 21.4 Å². The van der Waals surface area contributed by atoms with Crippen LogP contribution in [0.2, 0.25) is 0 Å². The Kier molecular flexibility index (Phi) is 11.6. The van der Waals surface area contributed by atoms with Gasteiger partial charge in [0.15, 0.2) is 11.5 Å². The van der Waals surface area contributed by atoms with E-state index in [1.807, 2.05) is 0 Å². The van der Waals surface area contributed by atoms with E-state index in [0.717, 1.165) is 42.9 Å². The van der Waals surface area contributed by atoms with E-state index in [2.05, 4.69) is 19.6 Å². The monoisotopic (exact) mass is 696 g/mol. The summed E-state index contributed by atoms with van der Waals surface area (Å²) >= 11 is 0. The Morgan fingerprint density at radius 3 is 2.43 bits per heavy atom. The second-order valence-electron chi connectivity index (χ2n) is 10.1. The number of imidazole rings is 1. The number of hydrogen-bond acceptors (Lipinski definition) is 12. The molecule has 1 unspecified atom stereocenters. The van der Waals surface area contributed by atoms with Crippen LogP contribution in [0.5, 0.6) is 23.0 Å². The summed E-state index contributed by atoms with van der Waals surface area (Å²) in [5.41, 5.74) is 0.221. The molecule has 47 heavy (non-hydrogen) atoms. The Hall–Kier alpha value is -3.90. The van der Waals surface area contributed by atoms with Gasteiger partial charge >= 0.3 is 6.61 Å². The first-order valence-corrected chi connectivity index (χ1v) is 17.2. The molecule has 0 N–H and O–H groups in total. The van der Waals surface area contributed by atoms with E-state index in [4.69, 9.17) is 23.7 Å². The van der Waals surface area contributed by atoms with Crippen LogP contribution < -0.4 is 18.9 Å². The number of rotatable bonds is 16. The van der Waals surface area contributed by atoms with E-state index >= 15 is 0 Å². The molecule has 2 aromatic carbocycles. The summed E-state index contributed by atoms with van der Waals surface area (Å²) in [7, 11) is -3.70. The molecule has 0 amide bonds. The number of benzene rings is 2. The zero-order valence-electron chi connectivity index (χ0n) is 25.7. The molecule has 1 fully saturated rings. The molecule has 1 aliphatic rings. The van der Waals surface area contributed by atoms with Crippen molar-refractivity contribution in [3.05, 3.63) is 60.4 Å². The Morgan fingerprint density at radius 2 is 1.72 bits per heavy atom. The van der Waals surface area contributed by atoms with Gasteiger partial charge in [-0.2, -0.15) is 8.78 Å². The molecule has 3 heterocycles. The number of fused-ring (bicyclic) bond motifs is 1. The molecule has 0 spiro atoms. The van der Waals surface area contributed by atoms with Gasteiger partial charge < -0.3 is 28.4 Å². The maximum atomic E-state index is 14.1. The van der Waals surface area contributed by atoms with Crippen LogP contribution in [0.25, 0.3) is 11.0 Å². The van der Waals surface area contributed by atoms with E-state index in [0.29, 0.717) is 24.7 Å². The summed E-state index contributed by atoms with van der Waals surface area (Å²) in [4.78, 5) is 10.6. The average molecular weight is 697 g/mol. The van der Waals surface area contributed by atoms with Crippen LogP contribution in [0, 0.1) is 0 Å². The third kappa shape index (κ3) is 8.34. The van der Waals surface area contributed by atoms with Crippen LogP contribution in [0.3, 0.4) is 0 Å². The van der Waals surface area contributed by atoms with Crippen molar-refractivity contribution in [3.8, 4) is 23.0 Å². The van der Waals surface area contributed by atoms with Crippen LogP contribution >= 0.6 is 0 Å². The number of halogens is 2. The lowest BCUT2D eigenvalue weighted by Crippen LogP contribution is -2.38. The van der Waals surface area contributed by atoms with E-state index in [-0.39, 0.29) is 50.6 Å². The topological polar surface area (TPSA) is 141 Å². The number of nitrogens with zero attached hydrogens (tertiary/aromatic N) is 4. The molecule has 254 valence electrons. The van der Waals surface area contributed by atoms with Gasteiger partial charge in [0.2, 0.25) is 5.16 Å². The highest BCUT2D eigenvalue weighted by molar-refractivity contribution is 7.91. The molecule has 17 heteroatoms. The molecule has 5 rings (SSSR count). The van der Waals surface area contributed by atoms with Crippen LogP contribution in [0.4, 0.5) is 8.78 Å². The SMILES string of the molecule is COc1ccnc(CS(=O)c2nc3cc(OC(F)F)ccc3n2S(=O)(=O)c2ccc(OCCOCCN3CCOCC3)cc2)c1OC. The van der Waals surface area contributed by atoms with Crippen molar-refractivity contribution in [2.24, 2.45) is 0 Å². The Balaban J connectivity index is 1.36. The second-order valence-corrected chi connectivity index (χ2v) is 13.2. The zero-order valence-corrected chi connectivity index (χ0v) is 27.3. The first-order chi connectivity index (χ1) is 22.7. The van der Waals surface area contributed by atoms with Crippen molar-refractivity contribution in [1.82, 2.24) is 18.8 Å². The number of morpholine rings is 1. The molecule has 2 aromatic heterocycles. The molecule has 1 aliphatic heterocycles. The van der Waals surface area contributed by atoms with Crippen molar-refractivity contribution in [1.29, 1.82) is 0 Å². The largest absolute Gasteiger partial charge is 0.493 e. The fourth-order valence-electron chi connectivity index (χ4n) is 4.86. The molecular formula is C30H34F2N4O9S2. The summed E-state index contributed by atoms with van der Waals surface area (Å²) in [5.74, 6) is 0.450. The standard InChI is InChI=1S/C30H34F2N4O9S2/c1-40-27-9-10-33-25(28(27)41-2)20-46(37)30-34-24-19-22(45-29(31)32)5-8-26(24)36(30)47(38,39)23-6-3-21(4-7-23)44-18-17-43-16-13-35-11-14-42-15-12-35/h3-10,19,29H,11-18,20H2,1-2H3. The number of ether oxygens (including phenoxy) is 6. The van der Waals surface area contributed by atoms with Crippen LogP contribution in [0.1, 0.15) is 5.69 Å². The van der Waals surface area contributed by atoms with Gasteiger partial charge in [-0.25, -0.2) is 17.4 Å². The van der Waals surface area contributed by atoms with Crippen LogP contribution in [-0.4, -0.2) is 105 Å². The van der Waals surface area contributed by atoms with Crippen molar-refractivity contribution in [3.63, 3.8) is 0 Å². The lowest BCUT2D eigenvalue weighted by molar-refractivity contribution is -0.0497. The highest BCUT2D eigenvalue weighted by Gasteiger charge is 2.29. The number of methoxy groups -OCH3 is 2. The van der Waals surface area contributed by atoms with Crippen LogP contribution in [-0.2, 0) is 36.0 Å². The predicted molar refractivity (Wildman–Crippen MR) is 166 cm³/mol. The van der Waals surface area contributed by atoms with Gasteiger partial charge in [0, 0.05) is 38.0 Å². The fourth-order valence-corrected chi connectivity index (χ4v) is 7.82. The molecule has 1 saturated heterocycles. The highest BCUT2D eigenvalue weighted by atomic mass is 32.2. The fraction of sp³-hybridized carbons (Fsp3) is 0.400. The molecule has 0 saturated carbocycles. The molecule has 0 aliphatic carbocycles. The van der Waals surface area contributed by atoms with E-state index < -0.39 is 27.4 Å². The number of alkyl halides is 2. The predicted octanol–water partition coefficient (Wildman–Crippen LogP) is 3.32. The van der Waals surface area contributed by atoms with Gasteiger partial charge in [-0.15, -0.1) is 0 Å². The quantitative estimate of drug-likeness (QED) is 0.159. The minimum absolute atomic E-state index is 0.00934. The summed E-state index contributed by atoms with van der Waals surface area (Å²) in [6, 6.07) is 10.8. The van der Waals surface area contributed by atoms with Crippen molar-refractivity contribution in [2.75, 3.05) is 66.9 Å². The van der Waals surface area contributed by atoms with Gasteiger partial charge in [0.1, 0.15) is 18.1 Å².